The van der Waals surface area contributed by atoms with Gasteiger partial charge in [-0.1, -0.05) is 17.7 Å². The van der Waals surface area contributed by atoms with E-state index in [0.29, 0.717) is 23.7 Å². The molecule has 0 aliphatic carbocycles. The van der Waals surface area contributed by atoms with Gasteiger partial charge in [0.2, 0.25) is 0 Å². The molecule has 0 aliphatic heterocycles. The number of hydrogen-bond acceptors (Lipinski definition) is 3. The van der Waals surface area contributed by atoms with Gasteiger partial charge in [-0.3, -0.25) is 4.79 Å². The van der Waals surface area contributed by atoms with Gasteiger partial charge in [0.25, 0.3) is 0 Å². The van der Waals surface area contributed by atoms with E-state index in [9.17, 15) is 13.6 Å². The highest BCUT2D eigenvalue weighted by molar-refractivity contribution is 6.31. The largest absolute Gasteiger partial charge is 0.488 e. The predicted molar refractivity (Wildman–Crippen MR) is 99.6 cm³/mol. The van der Waals surface area contributed by atoms with E-state index in [-0.39, 0.29) is 19.0 Å². The molecule has 27 heavy (non-hydrogen) atoms. The maximum absolute atomic E-state index is 14.4. The second-order valence-corrected chi connectivity index (χ2v) is 6.32. The third-order valence-electron chi connectivity index (χ3n) is 3.99. The van der Waals surface area contributed by atoms with Crippen LogP contribution in [0.4, 0.5) is 8.78 Å². The number of halogens is 3. The maximum Gasteiger partial charge on any atom is 0.305 e. The van der Waals surface area contributed by atoms with Gasteiger partial charge in [0.15, 0.2) is 17.4 Å². The summed E-state index contributed by atoms with van der Waals surface area (Å²) in [5.74, 6) is -2.46. The summed E-state index contributed by atoms with van der Waals surface area (Å²) < 4.78 is 40.4. The lowest BCUT2D eigenvalue weighted by Crippen LogP contribution is -2.08. The van der Waals surface area contributed by atoms with Crippen LogP contribution < -0.4 is 4.74 Å². The highest BCUT2D eigenvalue weighted by atomic mass is 35.5. The second kappa shape index (κ2) is 8.39. The Labute approximate surface area is 160 Å². The van der Waals surface area contributed by atoms with E-state index in [4.69, 9.17) is 21.1 Å². The maximum atomic E-state index is 14.4. The van der Waals surface area contributed by atoms with Gasteiger partial charge in [0.1, 0.15) is 0 Å². The van der Waals surface area contributed by atoms with Crippen molar-refractivity contribution in [3.8, 4) is 11.4 Å². The smallest absolute Gasteiger partial charge is 0.305 e. The van der Waals surface area contributed by atoms with Crippen molar-refractivity contribution in [2.45, 2.75) is 19.8 Å². The fourth-order valence-corrected chi connectivity index (χ4v) is 2.94. The summed E-state index contributed by atoms with van der Waals surface area (Å²) in [6.45, 7) is 2.01. The van der Waals surface area contributed by atoms with Crippen molar-refractivity contribution in [1.29, 1.82) is 0 Å². The standard InChI is InChI=1S/C20H18ClF2NO3/c1-2-26-19(25)4-3-9-27-20-16(22)11-15(12-17(20)23)24-8-7-13-5-6-14(21)10-18(13)24/h5-8,10-12H,2-4,9H2,1H3. The van der Waals surface area contributed by atoms with Crippen molar-refractivity contribution >= 4 is 28.5 Å². The lowest BCUT2D eigenvalue weighted by atomic mass is 10.2. The molecule has 0 spiro atoms. The van der Waals surface area contributed by atoms with Gasteiger partial charge in [0, 0.05) is 35.2 Å². The molecular formula is C20H18ClF2NO3. The van der Waals surface area contributed by atoms with Crippen molar-refractivity contribution in [2.24, 2.45) is 0 Å². The van der Waals surface area contributed by atoms with Crippen molar-refractivity contribution in [1.82, 2.24) is 4.57 Å². The van der Waals surface area contributed by atoms with Crippen molar-refractivity contribution in [3.05, 3.63) is 59.3 Å². The topological polar surface area (TPSA) is 40.5 Å². The van der Waals surface area contributed by atoms with E-state index in [1.807, 2.05) is 12.1 Å². The van der Waals surface area contributed by atoms with Crippen LogP contribution in [0.15, 0.2) is 42.6 Å². The summed E-state index contributed by atoms with van der Waals surface area (Å²) >= 11 is 6.02. The monoisotopic (exact) mass is 393 g/mol. The van der Waals surface area contributed by atoms with E-state index in [0.717, 1.165) is 10.9 Å². The number of rotatable bonds is 7. The van der Waals surface area contributed by atoms with E-state index in [2.05, 4.69) is 0 Å². The molecule has 0 atom stereocenters. The number of ether oxygens (including phenoxy) is 2. The number of aromatic nitrogens is 1. The Balaban J connectivity index is 1.76. The zero-order chi connectivity index (χ0) is 19.4. The Morgan fingerprint density at radius 1 is 1.15 bits per heavy atom. The van der Waals surface area contributed by atoms with Crippen LogP contribution in [-0.4, -0.2) is 23.8 Å². The molecule has 4 nitrogen and oxygen atoms in total. The van der Waals surface area contributed by atoms with Crippen LogP contribution in [0.25, 0.3) is 16.6 Å². The summed E-state index contributed by atoms with van der Waals surface area (Å²) in [4.78, 5) is 11.3. The number of fused-ring (bicyclic) bond motifs is 1. The Morgan fingerprint density at radius 3 is 2.59 bits per heavy atom. The number of carbonyl (C=O) groups is 1. The highest BCUT2D eigenvalue weighted by Crippen LogP contribution is 2.29. The molecule has 0 saturated carbocycles. The van der Waals surface area contributed by atoms with Gasteiger partial charge in [-0.25, -0.2) is 8.78 Å². The summed E-state index contributed by atoms with van der Waals surface area (Å²) in [5.41, 5.74) is 1.06. The van der Waals surface area contributed by atoms with Crippen LogP contribution in [0.2, 0.25) is 5.02 Å². The molecule has 0 saturated heterocycles. The molecule has 3 aromatic rings. The lowest BCUT2D eigenvalue weighted by molar-refractivity contribution is -0.143. The van der Waals surface area contributed by atoms with Crippen molar-refractivity contribution < 1.29 is 23.0 Å². The zero-order valence-corrected chi connectivity index (χ0v) is 15.4. The summed E-state index contributed by atoms with van der Waals surface area (Å²) in [6.07, 6.45) is 2.15. The Bertz CT molecular complexity index is 948. The lowest BCUT2D eigenvalue weighted by Gasteiger charge is -2.12. The molecular weight excluding hydrogens is 376 g/mol. The van der Waals surface area contributed by atoms with Crippen LogP contribution in [0.1, 0.15) is 19.8 Å². The van der Waals surface area contributed by atoms with Gasteiger partial charge < -0.3 is 14.0 Å². The Hall–Kier alpha value is -2.60. The van der Waals surface area contributed by atoms with Gasteiger partial charge in [-0.05, 0) is 31.5 Å². The Kier molecular flexibility index (Phi) is 5.96. The van der Waals surface area contributed by atoms with Crippen LogP contribution in [0.3, 0.4) is 0 Å². The average molecular weight is 394 g/mol. The van der Waals surface area contributed by atoms with Gasteiger partial charge in [-0.15, -0.1) is 0 Å². The molecule has 0 bridgehead atoms. The number of carbonyl (C=O) groups excluding carboxylic acids is 1. The van der Waals surface area contributed by atoms with Crippen molar-refractivity contribution in [3.63, 3.8) is 0 Å². The number of esters is 1. The van der Waals surface area contributed by atoms with Crippen molar-refractivity contribution in [2.75, 3.05) is 13.2 Å². The van der Waals surface area contributed by atoms with E-state index in [1.54, 1.807) is 29.8 Å². The number of nitrogens with zero attached hydrogens (tertiary/aromatic N) is 1. The first kappa shape index (κ1) is 19.2. The zero-order valence-electron chi connectivity index (χ0n) is 14.7. The summed E-state index contributed by atoms with van der Waals surface area (Å²) in [7, 11) is 0. The first-order valence-electron chi connectivity index (χ1n) is 8.54. The summed E-state index contributed by atoms with van der Waals surface area (Å²) in [6, 6.07) is 9.55. The fraction of sp³-hybridized carbons (Fsp3) is 0.250. The molecule has 0 amide bonds. The quantitative estimate of drug-likeness (QED) is 0.405. The molecule has 0 radical (unpaired) electrons. The average Bonchev–Trinajstić information content (AvgIpc) is 3.03. The second-order valence-electron chi connectivity index (χ2n) is 5.88. The fourth-order valence-electron chi connectivity index (χ4n) is 2.77. The van der Waals surface area contributed by atoms with E-state index < -0.39 is 17.4 Å². The third-order valence-corrected chi connectivity index (χ3v) is 4.23. The summed E-state index contributed by atoms with van der Waals surface area (Å²) in [5, 5.41) is 1.43. The normalized spacial score (nSPS) is 11.0. The van der Waals surface area contributed by atoms with E-state index in [1.165, 1.54) is 12.1 Å². The number of hydrogen-bond donors (Lipinski definition) is 0. The molecule has 7 heteroatoms. The molecule has 2 aromatic carbocycles. The van der Waals surface area contributed by atoms with Crippen LogP contribution >= 0.6 is 11.6 Å². The molecule has 0 aliphatic rings. The molecule has 3 rings (SSSR count). The highest BCUT2D eigenvalue weighted by Gasteiger charge is 2.15. The number of benzene rings is 2. The molecule has 1 heterocycles. The molecule has 1 aromatic heterocycles. The predicted octanol–water partition coefficient (Wildman–Crippen LogP) is 5.28. The minimum Gasteiger partial charge on any atom is -0.488 e. The minimum atomic E-state index is -0.815. The third kappa shape index (κ3) is 4.39. The van der Waals surface area contributed by atoms with Gasteiger partial charge in [0.05, 0.1) is 24.4 Å². The van der Waals surface area contributed by atoms with Crippen LogP contribution in [0, 0.1) is 11.6 Å². The first-order chi connectivity index (χ1) is 13.0. The van der Waals surface area contributed by atoms with E-state index >= 15 is 0 Å². The SMILES string of the molecule is CCOC(=O)CCCOc1c(F)cc(-n2ccc3ccc(Cl)cc32)cc1F. The molecule has 0 N–H and O–H groups in total. The molecule has 0 unspecified atom stereocenters. The van der Waals surface area contributed by atoms with Crippen LogP contribution in [-0.2, 0) is 9.53 Å². The minimum absolute atomic E-state index is 0.00800. The van der Waals surface area contributed by atoms with Crippen LogP contribution in [0.5, 0.6) is 5.75 Å². The Morgan fingerprint density at radius 2 is 1.89 bits per heavy atom. The molecule has 142 valence electrons. The molecule has 0 fully saturated rings. The first-order valence-corrected chi connectivity index (χ1v) is 8.92. The van der Waals surface area contributed by atoms with Gasteiger partial charge >= 0.3 is 5.97 Å². The van der Waals surface area contributed by atoms with Gasteiger partial charge in [-0.2, -0.15) is 0 Å².